The fourth-order valence-electron chi connectivity index (χ4n) is 4.71. The van der Waals surface area contributed by atoms with E-state index in [1.807, 2.05) is 13.8 Å². The molecule has 10 nitrogen and oxygen atoms in total. The lowest BCUT2D eigenvalue weighted by Gasteiger charge is -2.37. The maximum absolute atomic E-state index is 13.4. The van der Waals surface area contributed by atoms with E-state index in [-0.39, 0.29) is 34.5 Å². The van der Waals surface area contributed by atoms with Gasteiger partial charge in [0.25, 0.3) is 11.5 Å². The highest BCUT2D eigenvalue weighted by molar-refractivity contribution is 6.05. The third-order valence-electron chi connectivity index (χ3n) is 6.62. The van der Waals surface area contributed by atoms with Gasteiger partial charge < -0.3 is 14.8 Å². The maximum Gasteiger partial charge on any atom is 0.329 e. The first kappa shape index (κ1) is 23.6. The average Bonchev–Trinajstić information content (AvgIpc) is 3.33. The number of nitrogens with zero attached hydrogens (tertiary/aromatic N) is 3. The molecular weight excluding hydrogens is 426 g/mol. The molecule has 4 rings (SSSR count). The monoisotopic (exact) mass is 459 g/mol. The van der Waals surface area contributed by atoms with Crippen molar-refractivity contribution < 1.29 is 14.3 Å². The van der Waals surface area contributed by atoms with Gasteiger partial charge in [0.05, 0.1) is 30.8 Å². The summed E-state index contributed by atoms with van der Waals surface area (Å²) in [5.74, 6) is 0.0168. The molecule has 0 aliphatic carbocycles. The van der Waals surface area contributed by atoms with Gasteiger partial charge in [-0.25, -0.2) is 9.78 Å². The molecule has 0 aromatic carbocycles. The molecule has 2 fully saturated rings. The van der Waals surface area contributed by atoms with Crippen LogP contribution in [0.2, 0.25) is 0 Å². The third-order valence-corrected chi connectivity index (χ3v) is 6.62. The van der Waals surface area contributed by atoms with Gasteiger partial charge in [0.1, 0.15) is 0 Å². The predicted molar refractivity (Wildman–Crippen MR) is 124 cm³/mol. The number of hydrogen-bond acceptors (Lipinski definition) is 7. The van der Waals surface area contributed by atoms with Crippen LogP contribution in [0.25, 0.3) is 11.0 Å². The summed E-state index contributed by atoms with van der Waals surface area (Å²) in [6, 6.07) is 1.80. The van der Waals surface area contributed by atoms with Crippen LogP contribution >= 0.6 is 0 Å². The van der Waals surface area contributed by atoms with Gasteiger partial charge in [0.15, 0.2) is 5.65 Å². The Kier molecular flexibility index (Phi) is 7.26. The number of aryl methyl sites for hydroxylation is 1. The number of pyridine rings is 1. The zero-order valence-corrected chi connectivity index (χ0v) is 19.6. The molecule has 10 heteroatoms. The molecule has 2 N–H and O–H groups in total. The lowest BCUT2D eigenvalue weighted by molar-refractivity contribution is 0.00167. The van der Waals surface area contributed by atoms with Gasteiger partial charge >= 0.3 is 5.69 Å². The molecule has 2 aliphatic heterocycles. The van der Waals surface area contributed by atoms with Crippen LogP contribution in [0.5, 0.6) is 0 Å². The summed E-state index contributed by atoms with van der Waals surface area (Å²) in [7, 11) is 0. The molecule has 2 atom stereocenters. The van der Waals surface area contributed by atoms with Crippen LogP contribution in [0, 0.1) is 5.92 Å². The number of aromatic amines is 1. The smallest absolute Gasteiger partial charge is 0.329 e. The van der Waals surface area contributed by atoms with Gasteiger partial charge in [-0.2, -0.15) is 0 Å². The van der Waals surface area contributed by atoms with Crippen LogP contribution in [0.15, 0.2) is 15.7 Å². The number of hydrogen-bond donors (Lipinski definition) is 2. The van der Waals surface area contributed by atoms with Crippen molar-refractivity contribution >= 4 is 16.9 Å². The molecule has 0 radical (unpaired) electrons. The summed E-state index contributed by atoms with van der Waals surface area (Å²) in [5.41, 5.74) is 0.0331. The summed E-state index contributed by atoms with van der Waals surface area (Å²) >= 11 is 0. The van der Waals surface area contributed by atoms with E-state index < -0.39 is 11.2 Å². The molecule has 4 heterocycles. The first-order valence-electron chi connectivity index (χ1n) is 11.8. The minimum atomic E-state index is -0.596. The number of ether oxygens (including phenoxy) is 2. The largest absolute Gasteiger partial charge is 0.381 e. The zero-order valence-electron chi connectivity index (χ0n) is 19.6. The van der Waals surface area contributed by atoms with Crippen molar-refractivity contribution in [2.24, 2.45) is 5.92 Å². The standard InChI is InChI=1S/C23H33N5O5/c1-4-28-20-19(22(30)26-23(28)31)16(11-17(25-20)14(2)3)21(29)24-12-18(15-5-8-33-13-15)27-6-9-32-10-7-27/h11,14-15,18H,4-10,12-13H2,1-3H3,(H,24,29)(H,26,30,31). The molecule has 2 unspecified atom stereocenters. The zero-order chi connectivity index (χ0) is 23.5. The molecule has 1 amide bonds. The normalized spacial score (nSPS) is 20.4. The van der Waals surface area contributed by atoms with Crippen molar-refractivity contribution in [1.29, 1.82) is 0 Å². The number of fused-ring (bicyclic) bond motifs is 1. The summed E-state index contributed by atoms with van der Waals surface area (Å²) in [6.45, 7) is 10.9. The second-order valence-electron chi connectivity index (χ2n) is 9.00. The molecule has 2 aliphatic rings. The minimum Gasteiger partial charge on any atom is -0.381 e. The number of carbonyl (C=O) groups is 1. The van der Waals surface area contributed by atoms with E-state index >= 15 is 0 Å². The highest BCUT2D eigenvalue weighted by Gasteiger charge is 2.32. The summed E-state index contributed by atoms with van der Waals surface area (Å²) in [6.07, 6.45) is 0.954. The molecule has 180 valence electrons. The number of H-pyrrole nitrogens is 1. The van der Waals surface area contributed by atoms with Crippen molar-refractivity contribution in [3.05, 3.63) is 38.2 Å². The van der Waals surface area contributed by atoms with Crippen molar-refractivity contribution in [3.8, 4) is 0 Å². The second-order valence-corrected chi connectivity index (χ2v) is 9.00. The van der Waals surface area contributed by atoms with Crippen molar-refractivity contribution in [1.82, 2.24) is 24.8 Å². The Bertz CT molecular complexity index is 1110. The number of nitrogens with one attached hydrogen (secondary N) is 2. The topological polar surface area (TPSA) is 119 Å². The molecule has 2 aromatic rings. The number of amides is 1. The Labute approximate surface area is 192 Å². The Hall–Kier alpha value is -2.56. The quantitative estimate of drug-likeness (QED) is 0.626. The lowest BCUT2D eigenvalue weighted by atomic mass is 9.96. The molecular formula is C23H33N5O5. The molecule has 0 bridgehead atoms. The average molecular weight is 460 g/mol. The first-order chi connectivity index (χ1) is 15.9. The van der Waals surface area contributed by atoms with E-state index in [0.717, 1.165) is 26.1 Å². The Balaban J connectivity index is 1.68. The van der Waals surface area contributed by atoms with E-state index in [4.69, 9.17) is 9.47 Å². The molecule has 0 saturated carbocycles. The van der Waals surface area contributed by atoms with E-state index in [1.54, 1.807) is 13.0 Å². The van der Waals surface area contributed by atoms with Gasteiger partial charge in [-0.05, 0) is 25.3 Å². The molecule has 2 saturated heterocycles. The van der Waals surface area contributed by atoms with Crippen molar-refractivity contribution in [2.75, 3.05) is 46.1 Å². The third kappa shape index (κ3) is 4.87. The Morgan fingerprint density at radius 3 is 2.64 bits per heavy atom. The van der Waals surface area contributed by atoms with Crippen LogP contribution in [-0.2, 0) is 16.0 Å². The summed E-state index contributed by atoms with van der Waals surface area (Å²) < 4.78 is 12.5. The fraction of sp³-hybridized carbons (Fsp3) is 0.652. The number of carbonyl (C=O) groups excluding carboxylic acids is 1. The number of morpholine rings is 1. The van der Waals surface area contributed by atoms with Gasteiger partial charge in [-0.1, -0.05) is 13.8 Å². The van der Waals surface area contributed by atoms with Crippen LogP contribution in [0.3, 0.4) is 0 Å². The highest BCUT2D eigenvalue weighted by atomic mass is 16.5. The van der Waals surface area contributed by atoms with Gasteiger partial charge in [0, 0.05) is 50.4 Å². The van der Waals surface area contributed by atoms with E-state index in [2.05, 4.69) is 20.2 Å². The van der Waals surface area contributed by atoms with Crippen LogP contribution in [0.1, 0.15) is 49.2 Å². The van der Waals surface area contributed by atoms with E-state index in [0.29, 0.717) is 44.5 Å². The van der Waals surface area contributed by atoms with Crippen LogP contribution in [0.4, 0.5) is 0 Å². The van der Waals surface area contributed by atoms with E-state index in [9.17, 15) is 14.4 Å². The highest BCUT2D eigenvalue weighted by Crippen LogP contribution is 2.23. The fourth-order valence-corrected chi connectivity index (χ4v) is 4.71. The van der Waals surface area contributed by atoms with Crippen molar-refractivity contribution in [2.45, 2.75) is 45.7 Å². The number of aromatic nitrogens is 3. The van der Waals surface area contributed by atoms with Gasteiger partial charge in [-0.3, -0.25) is 24.0 Å². The van der Waals surface area contributed by atoms with Crippen molar-refractivity contribution in [3.63, 3.8) is 0 Å². The molecule has 0 spiro atoms. The maximum atomic E-state index is 13.4. The minimum absolute atomic E-state index is 0.0254. The predicted octanol–water partition coefficient (Wildman–Crippen LogP) is 0.695. The molecule has 2 aromatic heterocycles. The summed E-state index contributed by atoms with van der Waals surface area (Å²) in [4.78, 5) is 47.7. The second kappa shape index (κ2) is 10.1. The summed E-state index contributed by atoms with van der Waals surface area (Å²) in [5, 5.41) is 3.21. The molecule has 33 heavy (non-hydrogen) atoms. The Morgan fingerprint density at radius 2 is 2.00 bits per heavy atom. The Morgan fingerprint density at radius 1 is 1.24 bits per heavy atom. The van der Waals surface area contributed by atoms with Crippen LogP contribution < -0.4 is 16.6 Å². The SMILES string of the molecule is CCn1c(=O)[nH]c(=O)c2c(C(=O)NCC(C3CCOC3)N3CCOCC3)cc(C(C)C)nc21. The lowest BCUT2D eigenvalue weighted by Crippen LogP contribution is -2.52. The van der Waals surface area contributed by atoms with Crippen LogP contribution in [-0.4, -0.2) is 77.4 Å². The number of rotatable bonds is 7. The van der Waals surface area contributed by atoms with Gasteiger partial charge in [0.2, 0.25) is 0 Å². The van der Waals surface area contributed by atoms with Gasteiger partial charge in [-0.15, -0.1) is 0 Å². The first-order valence-corrected chi connectivity index (χ1v) is 11.8. The van der Waals surface area contributed by atoms with E-state index in [1.165, 1.54) is 4.57 Å².